The Morgan fingerprint density at radius 1 is 1.14 bits per heavy atom. The fraction of sp³-hybridized carbons (Fsp3) is 0.486. The minimum absolute atomic E-state index is 0.0384. The number of benzene rings is 1. The van der Waals surface area contributed by atoms with Gasteiger partial charge in [0.2, 0.25) is 10.9 Å². The van der Waals surface area contributed by atoms with Crippen molar-refractivity contribution >= 4 is 40.7 Å². The summed E-state index contributed by atoms with van der Waals surface area (Å²) < 4.78 is 31.8. The third-order valence-corrected chi connectivity index (χ3v) is 12.8. The predicted molar refractivity (Wildman–Crippen MR) is 177 cm³/mol. The second kappa shape index (κ2) is 12.4. The third-order valence-electron chi connectivity index (χ3n) is 11.7. The zero-order valence-electron chi connectivity index (χ0n) is 27.6. The summed E-state index contributed by atoms with van der Waals surface area (Å²) in [6, 6.07) is 9.29. The molecule has 12 heteroatoms. The van der Waals surface area contributed by atoms with E-state index in [1.54, 1.807) is 18.2 Å². The largest absolute Gasteiger partial charge is 0.458 e. The van der Waals surface area contributed by atoms with Gasteiger partial charge >= 0.3 is 11.9 Å². The zero-order chi connectivity index (χ0) is 34.7. The van der Waals surface area contributed by atoms with E-state index in [4.69, 9.17) is 13.9 Å². The Hall–Kier alpha value is -4.03. The maximum atomic E-state index is 14.3. The number of ketones is 1. The fourth-order valence-electron chi connectivity index (χ4n) is 9.59. The van der Waals surface area contributed by atoms with Crippen molar-refractivity contribution in [3.05, 3.63) is 77.3 Å². The van der Waals surface area contributed by atoms with Gasteiger partial charge in [0.15, 0.2) is 18.0 Å². The summed E-state index contributed by atoms with van der Waals surface area (Å²) >= 11 is 0.759. The highest BCUT2D eigenvalue weighted by Crippen LogP contribution is 2.69. The van der Waals surface area contributed by atoms with Crippen LogP contribution in [0.2, 0.25) is 0 Å². The van der Waals surface area contributed by atoms with Crippen LogP contribution in [0.5, 0.6) is 0 Å². The number of hydrogen-bond donors (Lipinski definition) is 1. The molecule has 3 saturated carbocycles. The maximum Gasteiger partial charge on any atom is 0.375 e. The number of nitrogens with zero attached hydrogens (tertiary/aromatic N) is 2. The van der Waals surface area contributed by atoms with Crippen LogP contribution in [0.3, 0.4) is 0 Å². The van der Waals surface area contributed by atoms with Crippen LogP contribution in [0.4, 0.5) is 4.39 Å². The van der Waals surface area contributed by atoms with Gasteiger partial charge in [-0.15, -0.1) is 0 Å². The van der Waals surface area contributed by atoms with E-state index < -0.39 is 46.6 Å². The lowest BCUT2D eigenvalue weighted by atomic mass is 9.45. The van der Waals surface area contributed by atoms with E-state index in [1.165, 1.54) is 37.0 Å². The molecule has 1 aromatic carbocycles. The van der Waals surface area contributed by atoms with Crippen LogP contribution in [0.1, 0.15) is 74.7 Å². The van der Waals surface area contributed by atoms with Crippen LogP contribution in [-0.4, -0.2) is 61.8 Å². The summed E-state index contributed by atoms with van der Waals surface area (Å²) in [5.74, 6) is -2.54. The van der Waals surface area contributed by atoms with E-state index >= 15 is 0 Å². The van der Waals surface area contributed by atoms with Gasteiger partial charge in [-0.25, -0.2) is 13.9 Å². The average molecular weight is 691 g/mol. The first-order valence-electron chi connectivity index (χ1n) is 16.7. The van der Waals surface area contributed by atoms with Crippen LogP contribution in [0.15, 0.2) is 58.8 Å². The molecule has 0 aliphatic heterocycles. The van der Waals surface area contributed by atoms with Crippen molar-refractivity contribution in [3.8, 4) is 5.69 Å². The van der Waals surface area contributed by atoms with E-state index in [9.17, 15) is 28.7 Å². The van der Waals surface area contributed by atoms with Crippen molar-refractivity contribution in [1.29, 1.82) is 0 Å². The normalized spacial score (nSPS) is 31.4. The first-order chi connectivity index (χ1) is 23.4. The van der Waals surface area contributed by atoms with Crippen molar-refractivity contribution in [3.63, 3.8) is 0 Å². The van der Waals surface area contributed by atoms with E-state index in [2.05, 4.69) is 18.1 Å². The van der Waals surface area contributed by atoms with Crippen LogP contribution >= 0.6 is 11.8 Å². The number of hydrogen-bond acceptors (Lipinski definition) is 10. The number of allylic oxidation sites excluding steroid dienone is 1. The summed E-state index contributed by atoms with van der Waals surface area (Å²) in [5, 5.41) is 16.4. The average Bonchev–Trinajstić information content (AvgIpc) is 3.80. The standard InChI is InChI=1S/C37H39FN2O8S/c1-21(41)47-19-26(42)20-49-34(45)37(48-33(44)31-5-4-14-46-31)13-12-28-27-11-6-23-15-29-22(18-39-40(29)25-9-7-24(38)8-10-25)16-35(23,2)32(27)30(43)17-36(28,37)3/h4-5,7-10,14-15,18,27-28,30,32,43H,6,11-13,16-17,19-20H2,1-3H3/t27-,28?,30-,32?,35-,36-,37-/m0/s1. The minimum Gasteiger partial charge on any atom is -0.458 e. The molecule has 1 N–H and O–H groups in total. The number of carbonyl (C=O) groups is 4. The Bertz CT molecular complexity index is 1840. The number of rotatable bonds is 8. The van der Waals surface area contributed by atoms with Gasteiger partial charge in [0.1, 0.15) is 5.82 Å². The number of fused-ring (bicyclic) bond motifs is 6. The van der Waals surface area contributed by atoms with Gasteiger partial charge < -0.3 is 19.0 Å². The van der Waals surface area contributed by atoms with Crippen molar-refractivity contribution < 1.29 is 42.6 Å². The number of Topliss-reactive ketones (excluding diaryl/α,β-unsaturated/α-hetero) is 1. The first kappa shape index (κ1) is 33.5. The molecule has 10 nitrogen and oxygen atoms in total. The molecule has 7 rings (SSSR count). The van der Waals surface area contributed by atoms with Crippen molar-refractivity contribution in [2.45, 2.75) is 71.0 Å². The molecule has 2 aromatic heterocycles. The van der Waals surface area contributed by atoms with E-state index in [0.717, 1.165) is 41.5 Å². The Balaban J connectivity index is 1.19. The highest BCUT2D eigenvalue weighted by molar-refractivity contribution is 8.14. The molecule has 0 radical (unpaired) electrons. The number of ether oxygens (including phenoxy) is 2. The van der Waals surface area contributed by atoms with Crippen molar-refractivity contribution in [2.24, 2.45) is 28.6 Å². The summed E-state index contributed by atoms with van der Waals surface area (Å²) in [5.41, 5.74) is 1.10. The lowest BCUT2D eigenvalue weighted by Crippen LogP contribution is -2.62. The Kier molecular flexibility index (Phi) is 8.46. The monoisotopic (exact) mass is 690 g/mol. The SMILES string of the molecule is CC(=O)OCC(=O)CSC(=O)[C@@]1(OC(=O)c2ccco2)CCC2[C@@H]3CCC4=Cc5c(cnn5-c5ccc(F)cc5)C[C@]4(C)C3[C@@H](O)C[C@@]21C. The predicted octanol–water partition coefficient (Wildman–Crippen LogP) is 5.75. The zero-order valence-corrected chi connectivity index (χ0v) is 28.5. The summed E-state index contributed by atoms with van der Waals surface area (Å²) in [4.78, 5) is 51.4. The number of thioether (sulfide) groups is 1. The second-order valence-electron chi connectivity index (χ2n) is 14.4. The number of esters is 2. The highest BCUT2D eigenvalue weighted by Gasteiger charge is 2.71. The topological polar surface area (TPSA) is 138 Å². The minimum atomic E-state index is -1.62. The molecule has 0 spiro atoms. The third kappa shape index (κ3) is 5.47. The van der Waals surface area contributed by atoms with Crippen LogP contribution in [-0.2, 0) is 30.3 Å². The molecular formula is C37H39FN2O8S. The van der Waals surface area contributed by atoms with Crippen LogP contribution in [0.25, 0.3) is 11.8 Å². The molecule has 0 amide bonds. The summed E-state index contributed by atoms with van der Waals surface area (Å²) in [6.07, 6.45) is 7.91. The molecular weight excluding hydrogens is 651 g/mol. The highest BCUT2D eigenvalue weighted by atomic mass is 32.2. The summed E-state index contributed by atoms with van der Waals surface area (Å²) in [6.45, 7) is 4.91. The van der Waals surface area contributed by atoms with Gasteiger partial charge in [-0.2, -0.15) is 5.10 Å². The van der Waals surface area contributed by atoms with Gasteiger partial charge in [0.05, 0.1) is 35.7 Å². The van der Waals surface area contributed by atoms with Gasteiger partial charge in [0, 0.05) is 12.3 Å². The van der Waals surface area contributed by atoms with Crippen molar-refractivity contribution in [1.82, 2.24) is 9.78 Å². The van der Waals surface area contributed by atoms with Crippen LogP contribution < -0.4 is 0 Å². The Morgan fingerprint density at radius 3 is 2.63 bits per heavy atom. The van der Waals surface area contributed by atoms with E-state index in [1.807, 2.05) is 17.8 Å². The summed E-state index contributed by atoms with van der Waals surface area (Å²) in [7, 11) is 0. The van der Waals surface area contributed by atoms with Gasteiger partial charge in [-0.1, -0.05) is 31.2 Å². The van der Waals surface area contributed by atoms with Gasteiger partial charge in [-0.3, -0.25) is 14.4 Å². The Labute approximate surface area is 287 Å². The molecule has 0 saturated heterocycles. The molecule has 7 atom stereocenters. The molecule has 0 bridgehead atoms. The smallest absolute Gasteiger partial charge is 0.375 e. The molecule has 2 heterocycles. The van der Waals surface area contributed by atoms with E-state index in [0.29, 0.717) is 12.8 Å². The van der Waals surface area contributed by atoms with E-state index in [-0.39, 0.29) is 53.3 Å². The maximum absolute atomic E-state index is 14.3. The second-order valence-corrected chi connectivity index (χ2v) is 15.3. The number of carbonyl (C=O) groups excluding carboxylic acids is 4. The number of aromatic nitrogens is 2. The molecule has 258 valence electrons. The lowest BCUT2D eigenvalue weighted by Gasteiger charge is -2.60. The Morgan fingerprint density at radius 2 is 1.92 bits per heavy atom. The molecule has 49 heavy (non-hydrogen) atoms. The number of aliphatic hydroxyl groups is 1. The van der Waals surface area contributed by atoms with Crippen LogP contribution in [0, 0.1) is 34.4 Å². The molecule has 2 unspecified atom stereocenters. The number of halogens is 1. The molecule has 4 aliphatic carbocycles. The molecule has 3 fully saturated rings. The van der Waals surface area contributed by atoms with Crippen molar-refractivity contribution in [2.75, 3.05) is 12.4 Å². The number of furan rings is 1. The van der Waals surface area contributed by atoms with Gasteiger partial charge in [-0.05, 0) is 110 Å². The lowest BCUT2D eigenvalue weighted by molar-refractivity contribution is -0.175. The first-order valence-corrected chi connectivity index (χ1v) is 17.7. The fourth-order valence-corrected chi connectivity index (χ4v) is 10.6. The molecule has 3 aromatic rings. The van der Waals surface area contributed by atoms with Gasteiger partial charge in [0.25, 0.3) is 0 Å². The number of aliphatic hydroxyl groups excluding tert-OH is 1. The quantitative estimate of drug-likeness (QED) is 0.291. The molecule has 4 aliphatic rings.